The normalized spacial score (nSPS) is 11.8. The molecular formula is C16H19FN2O3. The molecule has 6 heteroatoms. The highest BCUT2D eigenvalue weighted by Crippen LogP contribution is 2.11. The molecule has 0 spiro atoms. The Labute approximate surface area is 128 Å². The number of furan rings is 1. The van der Waals surface area contributed by atoms with Gasteiger partial charge in [-0.15, -0.1) is 0 Å². The second-order valence-corrected chi connectivity index (χ2v) is 5.05. The lowest BCUT2D eigenvalue weighted by Gasteiger charge is -2.20. The number of urea groups is 1. The minimum absolute atomic E-state index is 0.184. The fourth-order valence-electron chi connectivity index (χ4n) is 1.82. The number of rotatable bonds is 6. The predicted molar refractivity (Wildman–Crippen MR) is 80.1 cm³/mol. The summed E-state index contributed by atoms with van der Waals surface area (Å²) in [6, 6.07) is 8.94. The molecule has 0 aliphatic carbocycles. The number of hydrogen-bond acceptors (Lipinski definition) is 3. The molecule has 0 aliphatic rings. The van der Waals surface area contributed by atoms with Gasteiger partial charge in [0.1, 0.15) is 23.9 Å². The maximum absolute atomic E-state index is 12.8. The maximum Gasteiger partial charge on any atom is 0.317 e. The number of carbonyl (C=O) groups excluding carboxylic acids is 1. The predicted octanol–water partition coefficient (Wildman–Crippen LogP) is 3.03. The molecule has 118 valence electrons. The first kappa shape index (κ1) is 15.9. The first-order valence-corrected chi connectivity index (χ1v) is 6.97. The summed E-state index contributed by atoms with van der Waals surface area (Å²) in [6.45, 7) is 2.53. The van der Waals surface area contributed by atoms with Gasteiger partial charge in [-0.1, -0.05) is 0 Å². The van der Waals surface area contributed by atoms with Gasteiger partial charge in [-0.3, -0.25) is 0 Å². The van der Waals surface area contributed by atoms with Crippen LogP contribution in [0.15, 0.2) is 47.1 Å². The summed E-state index contributed by atoms with van der Waals surface area (Å²) in [5.41, 5.74) is 0. The third kappa shape index (κ3) is 4.80. The van der Waals surface area contributed by atoms with Crippen LogP contribution in [0.1, 0.15) is 12.7 Å². The summed E-state index contributed by atoms with van der Waals surface area (Å²) >= 11 is 0. The quantitative estimate of drug-likeness (QED) is 0.892. The zero-order valence-electron chi connectivity index (χ0n) is 12.6. The Morgan fingerprint density at radius 3 is 2.73 bits per heavy atom. The molecule has 2 rings (SSSR count). The van der Waals surface area contributed by atoms with Crippen molar-refractivity contribution in [3.05, 3.63) is 54.2 Å². The van der Waals surface area contributed by atoms with Crippen molar-refractivity contribution in [3.8, 4) is 5.75 Å². The fourth-order valence-corrected chi connectivity index (χ4v) is 1.82. The van der Waals surface area contributed by atoms with Crippen LogP contribution in [0.3, 0.4) is 0 Å². The number of carbonyl (C=O) groups is 1. The van der Waals surface area contributed by atoms with Crippen molar-refractivity contribution in [2.45, 2.75) is 19.5 Å². The van der Waals surface area contributed by atoms with E-state index in [1.165, 1.54) is 17.0 Å². The van der Waals surface area contributed by atoms with Gasteiger partial charge in [-0.25, -0.2) is 9.18 Å². The standard InChI is InChI=1S/C16H19FN2O3/c1-12(11-22-14-7-5-13(17)6-8-14)18-16(20)19(2)10-15-4-3-9-21-15/h3-9,12H,10-11H2,1-2H3,(H,18,20). The van der Waals surface area contributed by atoms with E-state index in [-0.39, 0.29) is 17.9 Å². The number of nitrogens with zero attached hydrogens (tertiary/aromatic N) is 1. The largest absolute Gasteiger partial charge is 0.491 e. The van der Waals surface area contributed by atoms with Crippen LogP contribution in [0, 0.1) is 5.82 Å². The maximum atomic E-state index is 12.8. The van der Waals surface area contributed by atoms with E-state index in [0.29, 0.717) is 24.7 Å². The number of halogens is 1. The molecule has 0 saturated carbocycles. The van der Waals surface area contributed by atoms with E-state index in [2.05, 4.69) is 5.32 Å². The van der Waals surface area contributed by atoms with E-state index >= 15 is 0 Å². The molecule has 1 unspecified atom stereocenters. The van der Waals surface area contributed by atoms with Crippen molar-refractivity contribution >= 4 is 6.03 Å². The Balaban J connectivity index is 1.74. The summed E-state index contributed by atoms with van der Waals surface area (Å²) < 4.78 is 23.5. The van der Waals surface area contributed by atoms with Gasteiger partial charge in [0.05, 0.1) is 18.8 Å². The zero-order chi connectivity index (χ0) is 15.9. The van der Waals surface area contributed by atoms with Crippen molar-refractivity contribution < 1.29 is 18.3 Å². The number of hydrogen-bond donors (Lipinski definition) is 1. The van der Waals surface area contributed by atoms with Crippen LogP contribution in [-0.4, -0.2) is 30.6 Å². The van der Waals surface area contributed by atoms with Gasteiger partial charge in [0.15, 0.2) is 0 Å². The van der Waals surface area contributed by atoms with Gasteiger partial charge in [0, 0.05) is 7.05 Å². The number of ether oxygens (including phenoxy) is 1. The first-order chi connectivity index (χ1) is 10.5. The van der Waals surface area contributed by atoms with Crippen LogP contribution < -0.4 is 10.1 Å². The van der Waals surface area contributed by atoms with Crippen LogP contribution in [0.25, 0.3) is 0 Å². The van der Waals surface area contributed by atoms with Crippen LogP contribution in [-0.2, 0) is 6.54 Å². The lowest BCUT2D eigenvalue weighted by Crippen LogP contribution is -2.43. The molecule has 0 saturated heterocycles. The monoisotopic (exact) mass is 306 g/mol. The van der Waals surface area contributed by atoms with Gasteiger partial charge in [0.2, 0.25) is 0 Å². The molecule has 2 amide bonds. The summed E-state index contributed by atoms with van der Waals surface area (Å²) in [6.07, 6.45) is 1.57. The number of amides is 2. The van der Waals surface area contributed by atoms with Gasteiger partial charge in [-0.05, 0) is 43.3 Å². The minimum atomic E-state index is -0.312. The Morgan fingerprint density at radius 1 is 1.36 bits per heavy atom. The summed E-state index contributed by atoms with van der Waals surface area (Å²) in [5.74, 6) is 0.965. The number of nitrogens with one attached hydrogen (secondary N) is 1. The van der Waals surface area contributed by atoms with Crippen molar-refractivity contribution in [3.63, 3.8) is 0 Å². The zero-order valence-corrected chi connectivity index (χ0v) is 12.6. The topological polar surface area (TPSA) is 54.7 Å². The molecule has 22 heavy (non-hydrogen) atoms. The lowest BCUT2D eigenvalue weighted by atomic mass is 10.3. The first-order valence-electron chi connectivity index (χ1n) is 6.97. The second kappa shape index (κ2) is 7.49. The molecule has 1 heterocycles. The van der Waals surface area contributed by atoms with E-state index in [0.717, 1.165) is 0 Å². The second-order valence-electron chi connectivity index (χ2n) is 5.05. The van der Waals surface area contributed by atoms with Gasteiger partial charge in [-0.2, -0.15) is 0 Å². The Hall–Kier alpha value is -2.50. The van der Waals surface area contributed by atoms with Crippen LogP contribution >= 0.6 is 0 Å². The molecule has 1 aromatic carbocycles. The minimum Gasteiger partial charge on any atom is -0.491 e. The molecule has 2 aromatic rings. The lowest BCUT2D eigenvalue weighted by molar-refractivity contribution is 0.192. The average Bonchev–Trinajstić information content (AvgIpc) is 2.99. The molecular weight excluding hydrogens is 287 g/mol. The molecule has 1 aromatic heterocycles. The van der Waals surface area contributed by atoms with Crippen LogP contribution in [0.4, 0.5) is 9.18 Å². The summed E-state index contributed by atoms with van der Waals surface area (Å²) in [7, 11) is 1.69. The van der Waals surface area contributed by atoms with E-state index in [1.54, 1.807) is 31.5 Å². The Kier molecular flexibility index (Phi) is 5.41. The van der Waals surface area contributed by atoms with Gasteiger partial charge < -0.3 is 19.4 Å². The average molecular weight is 306 g/mol. The van der Waals surface area contributed by atoms with Gasteiger partial charge in [0.25, 0.3) is 0 Å². The highest BCUT2D eigenvalue weighted by molar-refractivity contribution is 5.74. The molecule has 1 N–H and O–H groups in total. The van der Waals surface area contributed by atoms with Crippen molar-refractivity contribution in [1.29, 1.82) is 0 Å². The van der Waals surface area contributed by atoms with E-state index in [4.69, 9.17) is 9.15 Å². The molecule has 5 nitrogen and oxygen atoms in total. The van der Waals surface area contributed by atoms with Crippen molar-refractivity contribution in [2.75, 3.05) is 13.7 Å². The highest BCUT2D eigenvalue weighted by atomic mass is 19.1. The van der Waals surface area contributed by atoms with E-state index < -0.39 is 0 Å². The molecule has 0 bridgehead atoms. The molecule has 0 fully saturated rings. The van der Waals surface area contributed by atoms with Crippen molar-refractivity contribution in [2.24, 2.45) is 0 Å². The summed E-state index contributed by atoms with van der Waals surface area (Å²) in [5, 5.41) is 2.82. The Bertz CT molecular complexity index is 584. The summed E-state index contributed by atoms with van der Waals surface area (Å²) in [4.78, 5) is 13.5. The fraction of sp³-hybridized carbons (Fsp3) is 0.312. The van der Waals surface area contributed by atoms with Crippen LogP contribution in [0.2, 0.25) is 0 Å². The van der Waals surface area contributed by atoms with Gasteiger partial charge >= 0.3 is 6.03 Å². The van der Waals surface area contributed by atoms with E-state index in [9.17, 15) is 9.18 Å². The molecule has 0 radical (unpaired) electrons. The van der Waals surface area contributed by atoms with E-state index in [1.807, 2.05) is 13.0 Å². The third-order valence-corrected chi connectivity index (χ3v) is 3.00. The van der Waals surface area contributed by atoms with Crippen LogP contribution in [0.5, 0.6) is 5.75 Å². The smallest absolute Gasteiger partial charge is 0.317 e. The third-order valence-electron chi connectivity index (χ3n) is 3.00. The SMILES string of the molecule is CC(COc1ccc(F)cc1)NC(=O)N(C)Cc1ccco1. The Morgan fingerprint density at radius 2 is 2.09 bits per heavy atom. The molecule has 1 atom stereocenters. The number of benzene rings is 1. The van der Waals surface area contributed by atoms with Crippen molar-refractivity contribution in [1.82, 2.24) is 10.2 Å². The molecule has 0 aliphatic heterocycles. The highest BCUT2D eigenvalue weighted by Gasteiger charge is 2.13.